The summed E-state index contributed by atoms with van der Waals surface area (Å²) in [4.78, 5) is 22.4. The van der Waals surface area contributed by atoms with E-state index < -0.39 is 5.97 Å². The Morgan fingerprint density at radius 1 is 1.03 bits per heavy atom. The van der Waals surface area contributed by atoms with Crippen molar-refractivity contribution >= 4 is 11.8 Å². The summed E-state index contributed by atoms with van der Waals surface area (Å²) in [6.45, 7) is 5.42. The Hall–Kier alpha value is -2.51. The first-order valence-electron chi connectivity index (χ1n) is 10.3. The van der Waals surface area contributed by atoms with Crippen molar-refractivity contribution in [2.75, 3.05) is 31.2 Å². The zero-order chi connectivity index (χ0) is 21.9. The van der Waals surface area contributed by atoms with Crippen molar-refractivity contribution in [2.24, 2.45) is 0 Å². The Bertz CT molecular complexity index is 991. The van der Waals surface area contributed by atoms with Gasteiger partial charge in [-0.15, -0.1) is 6.58 Å². The first-order chi connectivity index (χ1) is 15.2. The molecule has 1 heterocycles. The largest absolute Gasteiger partial charge is 1.00 e. The third-order valence-corrected chi connectivity index (χ3v) is 4.72. The molecule has 0 aliphatic rings. The van der Waals surface area contributed by atoms with Crippen molar-refractivity contribution in [1.29, 1.82) is 0 Å². The van der Waals surface area contributed by atoms with E-state index in [-0.39, 0.29) is 37.6 Å². The van der Waals surface area contributed by atoms with Gasteiger partial charge in [0.25, 0.3) is 0 Å². The third-order valence-electron chi connectivity index (χ3n) is 4.72. The Balaban J connectivity index is 0.00000272. The number of aromatic nitrogens is 2. The fourth-order valence-electron chi connectivity index (χ4n) is 3.26. The second-order valence-corrected chi connectivity index (χ2v) is 7.05. The number of carboxylic acid groups (broad SMARTS) is 1. The van der Waals surface area contributed by atoms with Crippen LogP contribution in [0.15, 0.2) is 79.5 Å². The van der Waals surface area contributed by atoms with Crippen LogP contribution in [0.2, 0.25) is 0 Å². The van der Waals surface area contributed by atoms with Crippen LogP contribution in [-0.2, 0) is 9.53 Å². The molecule has 0 aliphatic carbocycles. The molecule has 0 aliphatic heterocycles. The molecule has 1 N–H and O–H groups in total. The van der Waals surface area contributed by atoms with Gasteiger partial charge in [0, 0.05) is 30.8 Å². The molecule has 7 heteroatoms. The molecular weight excluding hydrogens is 413 g/mol. The summed E-state index contributed by atoms with van der Waals surface area (Å²) in [5.74, 6) is -0.166. The SMILES string of the molecule is C=CCN(CCCCOCC(=O)O)c1cnc(-c2ccccc2)c(-c2ccccc2)n1.[H-].[Na+]. The molecule has 3 rings (SSSR count). The van der Waals surface area contributed by atoms with Crippen molar-refractivity contribution < 1.29 is 45.6 Å². The van der Waals surface area contributed by atoms with E-state index in [4.69, 9.17) is 19.8 Å². The number of carboxylic acids is 1. The molecule has 0 spiro atoms. The van der Waals surface area contributed by atoms with Gasteiger partial charge in [-0.2, -0.15) is 0 Å². The molecule has 0 amide bonds. The van der Waals surface area contributed by atoms with E-state index in [2.05, 4.69) is 11.5 Å². The molecule has 0 atom stereocenters. The predicted octanol–water partition coefficient (Wildman–Crippen LogP) is 1.80. The van der Waals surface area contributed by atoms with Crippen molar-refractivity contribution in [3.8, 4) is 22.5 Å². The number of carbonyl (C=O) groups is 1. The van der Waals surface area contributed by atoms with E-state index in [1.807, 2.05) is 66.7 Å². The summed E-state index contributed by atoms with van der Waals surface area (Å²) in [5, 5.41) is 8.64. The Kier molecular flexibility index (Phi) is 11.1. The van der Waals surface area contributed by atoms with E-state index >= 15 is 0 Å². The van der Waals surface area contributed by atoms with Crippen LogP contribution in [0.4, 0.5) is 5.82 Å². The average Bonchev–Trinajstić information content (AvgIpc) is 2.81. The number of aliphatic carboxylic acids is 1. The summed E-state index contributed by atoms with van der Waals surface area (Å²) >= 11 is 0. The zero-order valence-corrected chi connectivity index (χ0v) is 20.5. The maximum absolute atomic E-state index is 10.5. The molecule has 0 unspecified atom stereocenters. The number of hydrogen-bond acceptors (Lipinski definition) is 5. The zero-order valence-electron chi connectivity index (χ0n) is 19.5. The normalized spacial score (nSPS) is 10.2. The minimum atomic E-state index is -0.949. The first-order valence-corrected chi connectivity index (χ1v) is 10.3. The molecule has 162 valence electrons. The Morgan fingerprint density at radius 3 is 2.25 bits per heavy atom. The number of hydrogen-bond donors (Lipinski definition) is 1. The molecule has 0 fully saturated rings. The van der Waals surface area contributed by atoms with Gasteiger partial charge in [0.1, 0.15) is 12.4 Å². The molecule has 0 bridgehead atoms. The molecule has 0 saturated carbocycles. The second-order valence-electron chi connectivity index (χ2n) is 7.05. The number of anilines is 1. The van der Waals surface area contributed by atoms with Gasteiger partial charge in [-0.1, -0.05) is 66.7 Å². The number of ether oxygens (including phenoxy) is 1. The number of nitrogens with zero attached hydrogens (tertiary/aromatic N) is 3. The van der Waals surface area contributed by atoms with Gasteiger partial charge in [-0.05, 0) is 12.8 Å². The fourth-order valence-corrected chi connectivity index (χ4v) is 3.26. The van der Waals surface area contributed by atoms with E-state index in [1.165, 1.54) is 0 Å². The van der Waals surface area contributed by atoms with E-state index in [1.54, 1.807) is 6.20 Å². The second kappa shape index (κ2) is 13.8. The Labute approximate surface area is 212 Å². The molecular formula is C25H28N3NaO3. The molecule has 0 saturated heterocycles. The van der Waals surface area contributed by atoms with Crippen LogP contribution in [0.5, 0.6) is 0 Å². The molecule has 0 radical (unpaired) electrons. The molecule has 2 aromatic carbocycles. The van der Waals surface area contributed by atoms with Crippen LogP contribution in [0, 0.1) is 0 Å². The topological polar surface area (TPSA) is 75.5 Å². The maximum atomic E-state index is 10.5. The predicted molar refractivity (Wildman–Crippen MR) is 124 cm³/mol. The van der Waals surface area contributed by atoms with Gasteiger partial charge < -0.3 is 16.2 Å². The van der Waals surface area contributed by atoms with Crippen molar-refractivity contribution in [1.82, 2.24) is 9.97 Å². The van der Waals surface area contributed by atoms with Gasteiger partial charge >= 0.3 is 35.5 Å². The number of unbranched alkanes of at least 4 members (excludes halogenated alkanes) is 1. The van der Waals surface area contributed by atoms with Gasteiger partial charge in [0.15, 0.2) is 0 Å². The third kappa shape index (κ3) is 7.57. The van der Waals surface area contributed by atoms with E-state index in [0.29, 0.717) is 13.2 Å². The smallest absolute Gasteiger partial charge is 1.00 e. The summed E-state index contributed by atoms with van der Waals surface area (Å²) < 4.78 is 5.12. The number of benzene rings is 2. The van der Waals surface area contributed by atoms with Gasteiger partial charge in [0.05, 0.1) is 17.6 Å². The van der Waals surface area contributed by atoms with Crippen molar-refractivity contribution in [3.05, 3.63) is 79.5 Å². The van der Waals surface area contributed by atoms with Crippen molar-refractivity contribution in [2.45, 2.75) is 12.8 Å². The van der Waals surface area contributed by atoms with Crippen LogP contribution in [0.1, 0.15) is 14.3 Å². The first kappa shape index (κ1) is 25.7. The van der Waals surface area contributed by atoms with Gasteiger partial charge in [-0.3, -0.25) is 4.98 Å². The van der Waals surface area contributed by atoms with Crippen LogP contribution in [0.3, 0.4) is 0 Å². The van der Waals surface area contributed by atoms with Crippen LogP contribution < -0.4 is 34.5 Å². The summed E-state index contributed by atoms with van der Waals surface area (Å²) in [7, 11) is 0. The standard InChI is InChI=1S/C25H27N3O3.Na.H/c1-2-15-28(16-9-10-17-31-19-23(29)30)22-18-26-24(20-11-5-3-6-12-20)25(27-22)21-13-7-4-8-14-21;;/h2-8,11-14,18H,1,9-10,15-17,19H2,(H,29,30);;/q;+1;-1. The minimum absolute atomic E-state index is 0. The summed E-state index contributed by atoms with van der Waals surface area (Å²) in [5.41, 5.74) is 3.71. The van der Waals surface area contributed by atoms with Gasteiger partial charge in [0.2, 0.25) is 0 Å². The monoisotopic (exact) mass is 441 g/mol. The number of rotatable bonds is 12. The summed E-state index contributed by atoms with van der Waals surface area (Å²) in [6, 6.07) is 20.1. The average molecular weight is 442 g/mol. The molecule has 1 aromatic heterocycles. The van der Waals surface area contributed by atoms with Crippen molar-refractivity contribution in [3.63, 3.8) is 0 Å². The van der Waals surface area contributed by atoms with Crippen LogP contribution >= 0.6 is 0 Å². The van der Waals surface area contributed by atoms with Crippen LogP contribution in [-0.4, -0.2) is 47.3 Å². The van der Waals surface area contributed by atoms with Gasteiger partial charge in [-0.25, -0.2) is 9.78 Å². The fraction of sp³-hybridized carbons (Fsp3) is 0.240. The molecule has 32 heavy (non-hydrogen) atoms. The maximum Gasteiger partial charge on any atom is 1.00 e. The summed E-state index contributed by atoms with van der Waals surface area (Å²) in [6.07, 6.45) is 5.26. The van der Waals surface area contributed by atoms with E-state index in [9.17, 15) is 4.79 Å². The minimum Gasteiger partial charge on any atom is -1.00 e. The van der Waals surface area contributed by atoms with E-state index in [0.717, 1.165) is 47.7 Å². The Morgan fingerprint density at radius 2 is 1.66 bits per heavy atom. The molecule has 3 aromatic rings. The molecule has 6 nitrogen and oxygen atoms in total. The quantitative estimate of drug-likeness (QED) is 0.263. The van der Waals surface area contributed by atoms with Crippen LogP contribution in [0.25, 0.3) is 22.5 Å².